The third-order valence-electron chi connectivity index (χ3n) is 7.33. The minimum Gasteiger partial charge on any atom is -0.206 e. The summed E-state index contributed by atoms with van der Waals surface area (Å²) in [7, 11) is 0. The van der Waals surface area contributed by atoms with Crippen LogP contribution in [0.1, 0.15) is 93.9 Å². The van der Waals surface area contributed by atoms with E-state index in [9.17, 15) is 4.39 Å². The Morgan fingerprint density at radius 2 is 1.32 bits per heavy atom. The fourth-order valence-corrected chi connectivity index (χ4v) is 3.56. The van der Waals surface area contributed by atoms with Gasteiger partial charge in [0.2, 0.25) is 0 Å². The van der Waals surface area contributed by atoms with E-state index < -0.39 is 0 Å². The van der Waals surface area contributed by atoms with Gasteiger partial charge in [0.1, 0.15) is 5.83 Å². The van der Waals surface area contributed by atoms with Crippen molar-refractivity contribution in [1.29, 1.82) is 0 Å². The van der Waals surface area contributed by atoms with E-state index in [0.717, 1.165) is 55.2 Å². The summed E-state index contributed by atoms with van der Waals surface area (Å²) in [5.74, 6) is 2.25. The van der Waals surface area contributed by atoms with Crippen LogP contribution in [-0.4, -0.2) is 0 Å². The maximum Gasteiger partial charge on any atom is 0.130 e. The minimum atomic E-state index is -0.262. The van der Waals surface area contributed by atoms with Gasteiger partial charge in [0.15, 0.2) is 0 Å². The summed E-state index contributed by atoms with van der Waals surface area (Å²) >= 11 is 0. The Bertz CT molecular complexity index is 770. The lowest BCUT2D eigenvalue weighted by atomic mass is 9.84. The second kappa shape index (κ2) is 16.7. The van der Waals surface area contributed by atoms with Gasteiger partial charge in [-0.25, -0.2) is 4.39 Å². The summed E-state index contributed by atoms with van der Waals surface area (Å²) in [6, 6.07) is 0. The Hall–Kier alpha value is -1.89. The second-order valence-electron chi connectivity index (χ2n) is 10.9. The van der Waals surface area contributed by atoms with Gasteiger partial charge >= 0.3 is 0 Å². The molecule has 34 heavy (non-hydrogen) atoms. The molecule has 0 aliphatic carbocycles. The van der Waals surface area contributed by atoms with Crippen LogP contribution in [0.15, 0.2) is 84.3 Å². The first-order valence-electron chi connectivity index (χ1n) is 13.3. The van der Waals surface area contributed by atoms with Crippen molar-refractivity contribution in [2.75, 3.05) is 0 Å². The highest BCUT2D eigenvalue weighted by molar-refractivity contribution is 5.43. The van der Waals surface area contributed by atoms with Crippen LogP contribution in [0, 0.1) is 29.6 Å². The van der Waals surface area contributed by atoms with E-state index in [4.69, 9.17) is 0 Å². The summed E-state index contributed by atoms with van der Waals surface area (Å²) in [4.78, 5) is 0. The topological polar surface area (TPSA) is 0 Å². The first kappa shape index (κ1) is 32.1. The van der Waals surface area contributed by atoms with E-state index in [2.05, 4.69) is 93.0 Å². The van der Waals surface area contributed by atoms with Crippen molar-refractivity contribution in [3.8, 4) is 0 Å². The van der Waals surface area contributed by atoms with Crippen LogP contribution < -0.4 is 0 Å². The van der Waals surface area contributed by atoms with Gasteiger partial charge in [0, 0.05) is 5.57 Å². The molecule has 0 radical (unpaired) electrons. The SMILES string of the molecule is C=C(/C=C\C(=C)C(C)CCC(C)C(C)C/C=C(\C)C(=C)/C(F)=C\C(=C)C(C)CCC(C)C)CC. The van der Waals surface area contributed by atoms with Gasteiger partial charge in [-0.1, -0.05) is 111 Å². The Morgan fingerprint density at radius 1 is 0.765 bits per heavy atom. The van der Waals surface area contributed by atoms with E-state index in [0.29, 0.717) is 29.2 Å². The summed E-state index contributed by atoms with van der Waals surface area (Å²) in [6.45, 7) is 33.8. The number of halogens is 1. The fourth-order valence-electron chi connectivity index (χ4n) is 3.56. The molecule has 0 spiro atoms. The van der Waals surface area contributed by atoms with Gasteiger partial charge in [-0.3, -0.25) is 0 Å². The first-order chi connectivity index (χ1) is 15.8. The van der Waals surface area contributed by atoms with Crippen molar-refractivity contribution < 1.29 is 4.39 Å². The Morgan fingerprint density at radius 3 is 1.88 bits per heavy atom. The van der Waals surface area contributed by atoms with Crippen LogP contribution in [0.4, 0.5) is 4.39 Å². The molecule has 0 nitrogen and oxygen atoms in total. The highest BCUT2D eigenvalue weighted by atomic mass is 19.1. The van der Waals surface area contributed by atoms with Crippen LogP contribution >= 0.6 is 0 Å². The maximum atomic E-state index is 14.8. The standard InChI is InChI=1S/C33H53F/c1-13-24(4)15-17-25(5)26(6)18-19-27(7)28(8)20-21-30(10)32(12)33(34)22-31(11)29(9)16-14-23(2)3/h15,17,21-23,26-29H,4-5,11-14,16,18-20H2,1-3,6-10H3/b17-15-,30-21+,33-22+. The lowest BCUT2D eigenvalue weighted by molar-refractivity contribution is 0.344. The van der Waals surface area contributed by atoms with E-state index >= 15 is 0 Å². The molecule has 192 valence electrons. The van der Waals surface area contributed by atoms with E-state index in [1.54, 1.807) is 6.08 Å². The second-order valence-corrected chi connectivity index (χ2v) is 10.9. The number of allylic oxidation sites excluding steroid dienone is 10. The number of hydrogen-bond donors (Lipinski definition) is 0. The monoisotopic (exact) mass is 468 g/mol. The maximum absolute atomic E-state index is 14.8. The van der Waals surface area contributed by atoms with Gasteiger partial charge in [0.25, 0.3) is 0 Å². The molecule has 0 bridgehead atoms. The van der Waals surface area contributed by atoms with Crippen LogP contribution in [0.2, 0.25) is 0 Å². The predicted molar refractivity (Wildman–Crippen MR) is 154 cm³/mol. The highest BCUT2D eigenvalue weighted by Gasteiger charge is 2.15. The molecule has 0 aromatic rings. The van der Waals surface area contributed by atoms with Gasteiger partial charge in [0.05, 0.1) is 0 Å². The molecule has 4 atom stereocenters. The average Bonchev–Trinajstić information content (AvgIpc) is 2.80. The minimum absolute atomic E-state index is 0.262. The van der Waals surface area contributed by atoms with Crippen molar-refractivity contribution in [2.24, 2.45) is 29.6 Å². The summed E-state index contributed by atoms with van der Waals surface area (Å²) in [5, 5.41) is 0. The van der Waals surface area contributed by atoms with Crippen LogP contribution in [-0.2, 0) is 0 Å². The third kappa shape index (κ3) is 13.1. The van der Waals surface area contributed by atoms with Crippen molar-refractivity contribution in [1.82, 2.24) is 0 Å². The molecule has 0 N–H and O–H groups in total. The largest absolute Gasteiger partial charge is 0.206 e. The molecular weight excluding hydrogens is 415 g/mol. The number of hydrogen-bond acceptors (Lipinski definition) is 0. The van der Waals surface area contributed by atoms with Crippen LogP contribution in [0.5, 0.6) is 0 Å². The highest BCUT2D eigenvalue weighted by Crippen LogP contribution is 2.28. The molecule has 0 fully saturated rings. The van der Waals surface area contributed by atoms with Crippen molar-refractivity contribution in [3.05, 3.63) is 84.3 Å². The van der Waals surface area contributed by atoms with Crippen LogP contribution in [0.3, 0.4) is 0 Å². The van der Waals surface area contributed by atoms with E-state index in [1.165, 1.54) is 5.57 Å². The zero-order chi connectivity index (χ0) is 26.4. The lowest BCUT2D eigenvalue weighted by Crippen LogP contribution is -2.09. The van der Waals surface area contributed by atoms with Crippen molar-refractivity contribution >= 4 is 0 Å². The molecule has 0 saturated carbocycles. The fraction of sp³-hybridized carbons (Fsp3) is 0.576. The third-order valence-corrected chi connectivity index (χ3v) is 7.33. The average molecular weight is 469 g/mol. The summed E-state index contributed by atoms with van der Waals surface area (Å²) in [6.07, 6.45) is 14.3. The molecule has 0 aromatic carbocycles. The summed E-state index contributed by atoms with van der Waals surface area (Å²) < 4.78 is 14.8. The van der Waals surface area contributed by atoms with Gasteiger partial charge in [-0.15, -0.1) is 0 Å². The van der Waals surface area contributed by atoms with Crippen LogP contribution in [0.25, 0.3) is 0 Å². The van der Waals surface area contributed by atoms with Gasteiger partial charge in [-0.2, -0.15) is 0 Å². The molecule has 0 aliphatic heterocycles. The Labute approximate surface area is 212 Å². The first-order valence-corrected chi connectivity index (χ1v) is 13.3. The quantitative estimate of drug-likeness (QED) is 0.186. The summed E-state index contributed by atoms with van der Waals surface area (Å²) in [5.41, 5.74) is 4.54. The smallest absolute Gasteiger partial charge is 0.130 e. The molecule has 0 rings (SSSR count). The van der Waals surface area contributed by atoms with Gasteiger partial charge in [-0.05, 0) is 85.8 Å². The van der Waals surface area contributed by atoms with E-state index in [1.807, 2.05) is 6.92 Å². The molecule has 1 heteroatoms. The Kier molecular flexibility index (Phi) is 15.8. The zero-order valence-corrected chi connectivity index (χ0v) is 23.6. The predicted octanol–water partition coefficient (Wildman–Crippen LogP) is 11.1. The number of rotatable bonds is 17. The lowest BCUT2D eigenvalue weighted by Gasteiger charge is -2.21. The molecule has 4 unspecified atom stereocenters. The van der Waals surface area contributed by atoms with E-state index in [-0.39, 0.29) is 11.7 Å². The molecule has 0 heterocycles. The molecule has 0 amide bonds. The zero-order valence-electron chi connectivity index (χ0n) is 23.6. The molecule has 0 aromatic heterocycles. The molecular formula is C33H53F. The molecule has 0 saturated heterocycles. The van der Waals surface area contributed by atoms with Gasteiger partial charge < -0.3 is 0 Å². The van der Waals surface area contributed by atoms with Crippen molar-refractivity contribution in [3.63, 3.8) is 0 Å². The normalized spacial score (nSPS) is 16.4. The van der Waals surface area contributed by atoms with Crippen molar-refractivity contribution in [2.45, 2.75) is 93.9 Å². The Balaban J connectivity index is 4.75. The molecule has 0 aliphatic rings.